The van der Waals surface area contributed by atoms with Gasteiger partial charge in [0.25, 0.3) is 0 Å². The highest BCUT2D eigenvalue weighted by molar-refractivity contribution is 7.99. The van der Waals surface area contributed by atoms with E-state index in [1.165, 1.54) is 0 Å². The van der Waals surface area contributed by atoms with Gasteiger partial charge in [0.15, 0.2) is 17.4 Å². The van der Waals surface area contributed by atoms with Gasteiger partial charge < -0.3 is 25.0 Å². The van der Waals surface area contributed by atoms with Crippen LogP contribution < -0.4 is 10.1 Å². The van der Waals surface area contributed by atoms with Crippen LogP contribution in [0.5, 0.6) is 11.5 Å². The molecule has 0 aliphatic rings. The Bertz CT molecular complexity index is 940. The standard InChI is InChI=1S/C18H21N5O4S2/c1-11-14(4-3-5-19-11)27-15-8-12(28-7-6-26-2)9-20-17(15)22-18-21-16(23-29-18)13(25)10-24/h3-5,8-9,13,24-25H,6-7,10H2,1-2H3,(H,20,21,22,23). The highest BCUT2D eigenvalue weighted by atomic mass is 32.2. The van der Waals surface area contributed by atoms with E-state index >= 15 is 0 Å². The van der Waals surface area contributed by atoms with E-state index in [2.05, 4.69) is 24.6 Å². The van der Waals surface area contributed by atoms with E-state index in [1.807, 2.05) is 19.1 Å². The monoisotopic (exact) mass is 435 g/mol. The molecular formula is C18H21N5O4S2. The van der Waals surface area contributed by atoms with Gasteiger partial charge in [-0.2, -0.15) is 4.37 Å². The molecule has 1 atom stereocenters. The van der Waals surface area contributed by atoms with Crippen molar-refractivity contribution in [2.45, 2.75) is 17.9 Å². The molecule has 0 fully saturated rings. The number of nitrogens with zero attached hydrogens (tertiary/aromatic N) is 4. The van der Waals surface area contributed by atoms with Crippen LogP contribution in [-0.4, -0.2) is 55.6 Å². The van der Waals surface area contributed by atoms with Crippen molar-refractivity contribution in [3.63, 3.8) is 0 Å². The largest absolute Gasteiger partial charge is 0.452 e. The molecule has 154 valence electrons. The third kappa shape index (κ3) is 5.84. The lowest BCUT2D eigenvalue weighted by molar-refractivity contribution is 0.0897. The minimum atomic E-state index is -1.12. The SMILES string of the molecule is COCCSc1cnc(Nc2nc(C(O)CO)ns2)c(Oc2cccnc2C)c1. The van der Waals surface area contributed by atoms with Gasteiger partial charge in [0.2, 0.25) is 5.13 Å². The molecule has 0 saturated heterocycles. The van der Waals surface area contributed by atoms with Crippen LogP contribution in [0.4, 0.5) is 10.9 Å². The number of methoxy groups -OCH3 is 1. The van der Waals surface area contributed by atoms with Crippen LogP contribution in [0.15, 0.2) is 35.5 Å². The summed E-state index contributed by atoms with van der Waals surface area (Å²) < 4.78 is 15.2. The maximum atomic E-state index is 9.67. The number of ether oxygens (including phenoxy) is 2. The summed E-state index contributed by atoms with van der Waals surface area (Å²) in [4.78, 5) is 13.8. The molecule has 0 aliphatic carbocycles. The van der Waals surface area contributed by atoms with Gasteiger partial charge in [0, 0.05) is 41.7 Å². The van der Waals surface area contributed by atoms with Crippen LogP contribution in [0.3, 0.4) is 0 Å². The molecule has 0 saturated carbocycles. The Kier molecular flexibility index (Phi) is 7.72. The number of rotatable bonds is 10. The summed E-state index contributed by atoms with van der Waals surface area (Å²) in [5, 5.41) is 22.2. The molecular weight excluding hydrogens is 414 g/mol. The van der Waals surface area contributed by atoms with Gasteiger partial charge in [-0.1, -0.05) is 0 Å². The van der Waals surface area contributed by atoms with Gasteiger partial charge in [0.1, 0.15) is 11.9 Å². The van der Waals surface area contributed by atoms with Gasteiger partial charge in [0.05, 0.1) is 18.9 Å². The number of aryl methyl sites for hydroxylation is 1. The molecule has 0 aromatic carbocycles. The molecule has 0 amide bonds. The van der Waals surface area contributed by atoms with Crippen molar-refractivity contribution in [1.29, 1.82) is 0 Å². The quantitative estimate of drug-likeness (QED) is 0.323. The smallest absolute Gasteiger partial charge is 0.208 e. The fourth-order valence-electron chi connectivity index (χ4n) is 2.22. The Morgan fingerprint density at radius 1 is 1.31 bits per heavy atom. The number of aromatic nitrogens is 4. The molecule has 0 radical (unpaired) electrons. The van der Waals surface area contributed by atoms with Crippen LogP contribution in [-0.2, 0) is 4.74 Å². The first-order valence-corrected chi connectivity index (χ1v) is 10.5. The number of pyridine rings is 2. The number of anilines is 2. The molecule has 0 spiro atoms. The van der Waals surface area contributed by atoms with Crippen LogP contribution >= 0.6 is 23.3 Å². The van der Waals surface area contributed by atoms with Crippen molar-refractivity contribution in [1.82, 2.24) is 19.3 Å². The van der Waals surface area contributed by atoms with Crippen molar-refractivity contribution < 1.29 is 19.7 Å². The maximum Gasteiger partial charge on any atom is 0.208 e. The van der Waals surface area contributed by atoms with Gasteiger partial charge in [-0.05, 0) is 25.1 Å². The molecule has 3 N–H and O–H groups in total. The molecule has 9 nitrogen and oxygen atoms in total. The molecule has 3 aromatic rings. The Morgan fingerprint density at radius 2 is 2.17 bits per heavy atom. The molecule has 3 heterocycles. The zero-order valence-electron chi connectivity index (χ0n) is 15.9. The molecule has 0 aliphatic heterocycles. The van der Waals surface area contributed by atoms with Gasteiger partial charge in [-0.15, -0.1) is 11.8 Å². The van der Waals surface area contributed by atoms with E-state index in [0.29, 0.717) is 29.1 Å². The lowest BCUT2D eigenvalue weighted by atomic mass is 10.3. The number of nitrogens with one attached hydrogen (secondary N) is 1. The Balaban J connectivity index is 1.86. The first-order chi connectivity index (χ1) is 14.1. The van der Waals surface area contributed by atoms with E-state index in [4.69, 9.17) is 14.6 Å². The molecule has 29 heavy (non-hydrogen) atoms. The van der Waals surface area contributed by atoms with E-state index in [9.17, 15) is 5.11 Å². The minimum Gasteiger partial charge on any atom is -0.452 e. The fraction of sp³-hybridized carbons (Fsp3) is 0.333. The average molecular weight is 436 g/mol. The summed E-state index contributed by atoms with van der Waals surface area (Å²) in [6.07, 6.45) is 2.31. The van der Waals surface area contributed by atoms with Crippen molar-refractivity contribution in [2.75, 3.05) is 31.4 Å². The topological polar surface area (TPSA) is 123 Å². The van der Waals surface area contributed by atoms with Crippen molar-refractivity contribution in [3.8, 4) is 11.5 Å². The van der Waals surface area contributed by atoms with Gasteiger partial charge >= 0.3 is 0 Å². The third-order valence-corrected chi connectivity index (χ3v) is 5.27. The van der Waals surface area contributed by atoms with Crippen LogP contribution in [0, 0.1) is 6.92 Å². The van der Waals surface area contributed by atoms with Crippen LogP contribution in [0.25, 0.3) is 0 Å². The average Bonchev–Trinajstić information content (AvgIpc) is 3.19. The third-order valence-electron chi connectivity index (χ3n) is 3.70. The van der Waals surface area contributed by atoms with E-state index in [0.717, 1.165) is 27.9 Å². The van der Waals surface area contributed by atoms with E-state index in [1.54, 1.807) is 37.3 Å². The zero-order chi connectivity index (χ0) is 20.6. The summed E-state index contributed by atoms with van der Waals surface area (Å²) in [6.45, 7) is 2.04. The Labute approximate surface area is 176 Å². The first kappa shape index (κ1) is 21.4. The predicted octanol–water partition coefficient (Wildman–Crippen LogP) is 2.94. The van der Waals surface area contributed by atoms with Gasteiger partial charge in [-0.25, -0.2) is 9.97 Å². The van der Waals surface area contributed by atoms with Crippen molar-refractivity contribution in [2.24, 2.45) is 0 Å². The van der Waals surface area contributed by atoms with Crippen molar-refractivity contribution >= 4 is 34.2 Å². The Hall–Kier alpha value is -2.31. The molecule has 3 aromatic heterocycles. The second-order valence-electron chi connectivity index (χ2n) is 5.83. The molecule has 11 heteroatoms. The summed E-state index contributed by atoms with van der Waals surface area (Å²) in [5.74, 6) is 2.51. The van der Waals surface area contributed by atoms with Crippen molar-refractivity contribution in [3.05, 3.63) is 42.1 Å². The maximum absolute atomic E-state index is 9.67. The minimum absolute atomic E-state index is 0.150. The van der Waals surface area contributed by atoms with Crippen LogP contribution in [0.2, 0.25) is 0 Å². The Morgan fingerprint density at radius 3 is 2.93 bits per heavy atom. The summed E-state index contributed by atoms with van der Waals surface area (Å²) in [5.41, 5.74) is 0.750. The second-order valence-corrected chi connectivity index (χ2v) is 7.75. The number of aliphatic hydroxyl groups is 2. The van der Waals surface area contributed by atoms with E-state index in [-0.39, 0.29) is 5.82 Å². The van der Waals surface area contributed by atoms with Crippen LogP contribution in [0.1, 0.15) is 17.6 Å². The first-order valence-electron chi connectivity index (χ1n) is 8.71. The lowest BCUT2D eigenvalue weighted by Crippen LogP contribution is -2.04. The fourth-order valence-corrected chi connectivity index (χ4v) is 3.64. The molecule has 3 rings (SSSR count). The highest BCUT2D eigenvalue weighted by Crippen LogP contribution is 2.34. The lowest BCUT2D eigenvalue weighted by Gasteiger charge is -2.13. The van der Waals surface area contributed by atoms with E-state index < -0.39 is 12.7 Å². The number of thioether (sulfide) groups is 1. The zero-order valence-corrected chi connectivity index (χ0v) is 17.5. The normalized spacial score (nSPS) is 12.0. The number of hydrogen-bond acceptors (Lipinski definition) is 11. The second kappa shape index (κ2) is 10.5. The predicted molar refractivity (Wildman–Crippen MR) is 111 cm³/mol. The summed E-state index contributed by atoms with van der Waals surface area (Å²) in [7, 11) is 1.66. The molecule has 0 bridgehead atoms. The van der Waals surface area contributed by atoms with Gasteiger partial charge in [-0.3, -0.25) is 4.98 Å². The highest BCUT2D eigenvalue weighted by Gasteiger charge is 2.16. The number of aliphatic hydroxyl groups excluding tert-OH is 2. The molecule has 1 unspecified atom stereocenters. The number of hydrogen-bond donors (Lipinski definition) is 3. The summed E-state index contributed by atoms with van der Waals surface area (Å²) in [6, 6.07) is 5.51. The summed E-state index contributed by atoms with van der Waals surface area (Å²) >= 11 is 2.66.